The predicted octanol–water partition coefficient (Wildman–Crippen LogP) is 1.32. The molecule has 2 fully saturated rings. The Labute approximate surface area is 117 Å². The minimum Gasteiger partial charge on any atom is -0.340 e. The van der Waals surface area contributed by atoms with Gasteiger partial charge in [-0.05, 0) is 31.2 Å². The molecule has 2 heterocycles. The normalized spacial score (nSPS) is 29.5. The van der Waals surface area contributed by atoms with Gasteiger partial charge < -0.3 is 15.1 Å². The fraction of sp³-hybridized carbons (Fsp3) is 0.933. The summed E-state index contributed by atoms with van der Waals surface area (Å²) in [5.74, 6) is 0.338. The third kappa shape index (κ3) is 4.18. The van der Waals surface area contributed by atoms with E-state index >= 15 is 0 Å². The summed E-state index contributed by atoms with van der Waals surface area (Å²) in [6.07, 6.45) is 4.56. The van der Waals surface area contributed by atoms with Crippen molar-refractivity contribution in [3.05, 3.63) is 0 Å². The van der Waals surface area contributed by atoms with Crippen LogP contribution >= 0.6 is 0 Å². The summed E-state index contributed by atoms with van der Waals surface area (Å²) in [7, 11) is 0. The standard InChI is InChI=1S/C15H29N3O/c1-3-15(2)6-4-9-17(13-15)10-5-14(19)18-11-7-16-8-12-18/h16H,3-13H2,1-2H3. The van der Waals surface area contributed by atoms with Crippen molar-refractivity contribution in [3.8, 4) is 0 Å². The molecule has 1 amide bonds. The molecular weight excluding hydrogens is 238 g/mol. The number of nitrogens with one attached hydrogen (secondary N) is 1. The molecule has 4 nitrogen and oxygen atoms in total. The second kappa shape index (κ2) is 6.71. The van der Waals surface area contributed by atoms with Crippen LogP contribution in [0.15, 0.2) is 0 Å². The molecule has 1 unspecified atom stereocenters. The molecule has 0 radical (unpaired) electrons. The fourth-order valence-electron chi connectivity index (χ4n) is 3.23. The molecule has 110 valence electrons. The molecule has 0 spiro atoms. The number of likely N-dealkylation sites (tertiary alicyclic amines) is 1. The van der Waals surface area contributed by atoms with E-state index in [1.165, 1.54) is 32.4 Å². The lowest BCUT2D eigenvalue weighted by molar-refractivity contribution is -0.132. The SMILES string of the molecule is CCC1(C)CCCN(CCC(=O)N2CCNCC2)C1. The van der Waals surface area contributed by atoms with Crippen molar-refractivity contribution in [1.29, 1.82) is 0 Å². The first kappa shape index (κ1) is 14.8. The van der Waals surface area contributed by atoms with Gasteiger partial charge in [0.25, 0.3) is 0 Å². The van der Waals surface area contributed by atoms with Gasteiger partial charge in [0.2, 0.25) is 5.91 Å². The maximum atomic E-state index is 12.1. The van der Waals surface area contributed by atoms with Crippen molar-refractivity contribution >= 4 is 5.91 Å². The molecule has 0 aromatic heterocycles. The molecule has 0 aromatic rings. The van der Waals surface area contributed by atoms with Gasteiger partial charge in [-0.25, -0.2) is 0 Å². The summed E-state index contributed by atoms with van der Waals surface area (Å²) >= 11 is 0. The predicted molar refractivity (Wildman–Crippen MR) is 78.1 cm³/mol. The summed E-state index contributed by atoms with van der Waals surface area (Å²) in [5, 5.41) is 3.29. The molecular formula is C15H29N3O. The minimum absolute atomic E-state index is 0.338. The highest BCUT2D eigenvalue weighted by molar-refractivity contribution is 5.76. The fourth-order valence-corrected chi connectivity index (χ4v) is 3.23. The Morgan fingerprint density at radius 1 is 1.26 bits per heavy atom. The minimum atomic E-state index is 0.338. The Hall–Kier alpha value is -0.610. The zero-order chi connectivity index (χ0) is 13.7. The molecule has 4 heteroatoms. The number of rotatable bonds is 4. The van der Waals surface area contributed by atoms with Gasteiger partial charge in [-0.2, -0.15) is 0 Å². The molecule has 2 aliphatic heterocycles. The number of amides is 1. The van der Waals surface area contributed by atoms with Gasteiger partial charge in [-0.1, -0.05) is 13.8 Å². The van der Waals surface area contributed by atoms with E-state index in [4.69, 9.17) is 0 Å². The Morgan fingerprint density at radius 3 is 2.68 bits per heavy atom. The van der Waals surface area contributed by atoms with Crippen LogP contribution in [-0.2, 0) is 4.79 Å². The van der Waals surface area contributed by atoms with Gasteiger partial charge in [0.05, 0.1) is 0 Å². The lowest BCUT2D eigenvalue weighted by Crippen LogP contribution is -2.48. The maximum absolute atomic E-state index is 12.1. The average Bonchev–Trinajstić information content (AvgIpc) is 2.46. The van der Waals surface area contributed by atoms with Crippen LogP contribution in [0.25, 0.3) is 0 Å². The summed E-state index contributed by atoms with van der Waals surface area (Å²) < 4.78 is 0. The number of hydrogen-bond acceptors (Lipinski definition) is 3. The number of hydrogen-bond donors (Lipinski definition) is 1. The van der Waals surface area contributed by atoms with Crippen LogP contribution in [0.1, 0.15) is 39.5 Å². The van der Waals surface area contributed by atoms with Crippen LogP contribution in [0.3, 0.4) is 0 Å². The van der Waals surface area contributed by atoms with Crippen LogP contribution in [0.2, 0.25) is 0 Å². The Bertz CT molecular complexity index is 302. The number of piperazine rings is 1. The van der Waals surface area contributed by atoms with Gasteiger partial charge in [-0.15, -0.1) is 0 Å². The molecule has 1 N–H and O–H groups in total. The van der Waals surface area contributed by atoms with Gasteiger partial charge in [0.15, 0.2) is 0 Å². The Kier molecular flexibility index (Phi) is 5.22. The van der Waals surface area contributed by atoms with Crippen LogP contribution in [0.4, 0.5) is 0 Å². The molecule has 19 heavy (non-hydrogen) atoms. The van der Waals surface area contributed by atoms with E-state index in [1.54, 1.807) is 0 Å². The van der Waals surface area contributed by atoms with Gasteiger partial charge in [0, 0.05) is 45.7 Å². The van der Waals surface area contributed by atoms with Crippen LogP contribution in [0, 0.1) is 5.41 Å². The van der Waals surface area contributed by atoms with Crippen LogP contribution in [0.5, 0.6) is 0 Å². The molecule has 2 aliphatic rings. The van der Waals surface area contributed by atoms with Crippen molar-refractivity contribution in [2.75, 3.05) is 45.8 Å². The monoisotopic (exact) mass is 267 g/mol. The molecule has 0 bridgehead atoms. The molecule has 0 aliphatic carbocycles. The second-order valence-corrected chi connectivity index (χ2v) is 6.42. The highest BCUT2D eigenvalue weighted by atomic mass is 16.2. The van der Waals surface area contributed by atoms with E-state index < -0.39 is 0 Å². The first-order chi connectivity index (χ1) is 9.13. The number of carbonyl (C=O) groups is 1. The summed E-state index contributed by atoms with van der Waals surface area (Å²) in [6.45, 7) is 11.6. The van der Waals surface area contributed by atoms with Crippen molar-refractivity contribution in [3.63, 3.8) is 0 Å². The van der Waals surface area contributed by atoms with Crippen molar-refractivity contribution < 1.29 is 4.79 Å². The highest BCUT2D eigenvalue weighted by Gasteiger charge is 2.29. The van der Waals surface area contributed by atoms with Crippen molar-refractivity contribution in [2.45, 2.75) is 39.5 Å². The van der Waals surface area contributed by atoms with Crippen molar-refractivity contribution in [2.24, 2.45) is 5.41 Å². The van der Waals surface area contributed by atoms with Gasteiger partial charge in [0.1, 0.15) is 0 Å². The molecule has 2 saturated heterocycles. The maximum Gasteiger partial charge on any atom is 0.223 e. The topological polar surface area (TPSA) is 35.6 Å². The third-order valence-electron chi connectivity index (χ3n) is 4.83. The first-order valence-corrected chi connectivity index (χ1v) is 7.84. The number of carbonyl (C=O) groups excluding carboxylic acids is 1. The lowest BCUT2D eigenvalue weighted by Gasteiger charge is -2.40. The zero-order valence-corrected chi connectivity index (χ0v) is 12.6. The van der Waals surface area contributed by atoms with E-state index in [1.807, 2.05) is 4.90 Å². The van der Waals surface area contributed by atoms with E-state index in [-0.39, 0.29) is 0 Å². The summed E-state index contributed by atoms with van der Waals surface area (Å²) in [5.41, 5.74) is 0.469. The molecule has 0 saturated carbocycles. The largest absolute Gasteiger partial charge is 0.340 e. The van der Waals surface area contributed by atoms with Crippen LogP contribution in [-0.4, -0.2) is 61.5 Å². The average molecular weight is 267 g/mol. The third-order valence-corrected chi connectivity index (χ3v) is 4.83. The van der Waals surface area contributed by atoms with E-state index in [9.17, 15) is 4.79 Å². The van der Waals surface area contributed by atoms with Gasteiger partial charge in [-0.3, -0.25) is 4.79 Å². The van der Waals surface area contributed by atoms with Gasteiger partial charge >= 0.3 is 0 Å². The Morgan fingerprint density at radius 2 is 2.00 bits per heavy atom. The molecule has 1 atom stereocenters. The quantitative estimate of drug-likeness (QED) is 0.834. The number of piperidine rings is 1. The lowest BCUT2D eigenvalue weighted by atomic mass is 9.79. The smallest absolute Gasteiger partial charge is 0.223 e. The Balaban J connectivity index is 1.73. The van der Waals surface area contributed by atoms with E-state index in [0.29, 0.717) is 17.7 Å². The van der Waals surface area contributed by atoms with Crippen molar-refractivity contribution in [1.82, 2.24) is 15.1 Å². The van der Waals surface area contributed by atoms with Crippen LogP contribution < -0.4 is 5.32 Å². The summed E-state index contributed by atoms with van der Waals surface area (Å²) in [4.78, 5) is 16.6. The summed E-state index contributed by atoms with van der Waals surface area (Å²) in [6, 6.07) is 0. The highest BCUT2D eigenvalue weighted by Crippen LogP contribution is 2.32. The molecule has 2 rings (SSSR count). The number of nitrogens with zero attached hydrogens (tertiary/aromatic N) is 2. The molecule has 0 aromatic carbocycles. The zero-order valence-electron chi connectivity index (χ0n) is 12.6. The van der Waals surface area contributed by atoms with E-state index in [2.05, 4.69) is 24.1 Å². The van der Waals surface area contributed by atoms with E-state index in [0.717, 1.165) is 32.7 Å². The first-order valence-electron chi connectivity index (χ1n) is 7.84. The second-order valence-electron chi connectivity index (χ2n) is 6.42.